The lowest BCUT2D eigenvalue weighted by molar-refractivity contribution is 0.273. The number of benzene rings is 1. The van der Waals surface area contributed by atoms with E-state index in [1.54, 1.807) is 0 Å². The molecule has 3 N–H and O–H groups in total. The minimum absolute atomic E-state index is 0. The van der Waals surface area contributed by atoms with Gasteiger partial charge in [0, 0.05) is 12.6 Å². The van der Waals surface area contributed by atoms with Gasteiger partial charge in [0.05, 0.1) is 13.2 Å². The van der Waals surface area contributed by atoms with Crippen LogP contribution in [0.4, 0.5) is 0 Å². The van der Waals surface area contributed by atoms with Crippen LogP contribution < -0.4 is 15.8 Å². The van der Waals surface area contributed by atoms with Crippen LogP contribution in [-0.4, -0.2) is 49.7 Å². The maximum atomic E-state index is 5.99. The smallest absolute Gasteiger partial charge is 0.188 e. The highest BCUT2D eigenvalue weighted by Crippen LogP contribution is 2.18. The number of rotatable bonds is 8. The number of nitrogens with one attached hydrogen (secondary N) is 1. The number of ether oxygens (including phenoxy) is 1. The van der Waals surface area contributed by atoms with Gasteiger partial charge in [-0.25, -0.2) is 0 Å². The highest BCUT2D eigenvalue weighted by Gasteiger charge is 2.22. The van der Waals surface area contributed by atoms with E-state index in [9.17, 15) is 0 Å². The van der Waals surface area contributed by atoms with Crippen molar-refractivity contribution in [2.75, 3.05) is 32.8 Å². The molecule has 1 aliphatic rings. The van der Waals surface area contributed by atoms with Crippen molar-refractivity contribution in [1.29, 1.82) is 0 Å². The Morgan fingerprint density at radius 1 is 1.38 bits per heavy atom. The van der Waals surface area contributed by atoms with Crippen LogP contribution in [0.5, 0.6) is 5.75 Å². The van der Waals surface area contributed by atoms with Crippen LogP contribution in [0.25, 0.3) is 0 Å². The highest BCUT2D eigenvalue weighted by atomic mass is 127. The number of guanidine groups is 1. The first-order valence-electron chi connectivity index (χ1n) is 8.73. The molecule has 1 aliphatic heterocycles. The van der Waals surface area contributed by atoms with Crippen LogP contribution in [0, 0.1) is 0 Å². The molecule has 0 saturated carbocycles. The van der Waals surface area contributed by atoms with Crippen molar-refractivity contribution >= 4 is 29.9 Å². The van der Waals surface area contributed by atoms with Crippen molar-refractivity contribution in [3.63, 3.8) is 0 Å². The molecular weight excluding hydrogens is 415 g/mol. The molecule has 0 aromatic heterocycles. The Morgan fingerprint density at radius 3 is 2.92 bits per heavy atom. The topological polar surface area (TPSA) is 62.9 Å². The summed E-state index contributed by atoms with van der Waals surface area (Å²) in [6, 6.07) is 8.69. The predicted molar refractivity (Wildman–Crippen MR) is 111 cm³/mol. The van der Waals surface area contributed by atoms with Gasteiger partial charge in [0.2, 0.25) is 0 Å². The third-order valence-electron chi connectivity index (χ3n) is 4.35. The van der Waals surface area contributed by atoms with E-state index in [1.165, 1.54) is 24.9 Å². The molecule has 1 saturated heterocycles. The molecule has 1 aromatic carbocycles. The summed E-state index contributed by atoms with van der Waals surface area (Å²) in [7, 11) is 0. The Kier molecular flexibility index (Phi) is 10.1. The average molecular weight is 446 g/mol. The number of nitrogens with two attached hydrogens (primary N) is 1. The summed E-state index contributed by atoms with van der Waals surface area (Å²) < 4.78 is 5.64. The summed E-state index contributed by atoms with van der Waals surface area (Å²) >= 11 is 0. The first kappa shape index (κ1) is 21.0. The Balaban J connectivity index is 0.00000288. The molecule has 24 heavy (non-hydrogen) atoms. The van der Waals surface area contributed by atoms with E-state index in [0.29, 0.717) is 18.6 Å². The third kappa shape index (κ3) is 6.47. The predicted octanol–water partition coefficient (Wildman–Crippen LogP) is 2.63. The molecule has 1 heterocycles. The van der Waals surface area contributed by atoms with Crippen LogP contribution in [0.15, 0.2) is 29.3 Å². The normalized spacial score (nSPS) is 18.2. The van der Waals surface area contributed by atoms with Crippen LogP contribution in [0.2, 0.25) is 0 Å². The summed E-state index contributed by atoms with van der Waals surface area (Å²) in [4.78, 5) is 6.99. The van der Waals surface area contributed by atoms with Crippen LogP contribution >= 0.6 is 24.0 Å². The maximum Gasteiger partial charge on any atom is 0.188 e. The van der Waals surface area contributed by atoms with Gasteiger partial charge < -0.3 is 15.8 Å². The molecule has 0 bridgehead atoms. The van der Waals surface area contributed by atoms with Gasteiger partial charge in [-0.3, -0.25) is 9.89 Å². The zero-order valence-corrected chi connectivity index (χ0v) is 17.2. The first-order chi connectivity index (χ1) is 11.2. The van der Waals surface area contributed by atoms with E-state index in [4.69, 9.17) is 10.5 Å². The molecular formula is C18H31IN4O. The number of likely N-dealkylation sites (N-methyl/N-ethyl adjacent to an activating group) is 1. The summed E-state index contributed by atoms with van der Waals surface area (Å²) in [5, 5.41) is 3.21. The van der Waals surface area contributed by atoms with E-state index in [2.05, 4.69) is 28.2 Å². The van der Waals surface area contributed by atoms with Gasteiger partial charge in [-0.05, 0) is 50.9 Å². The summed E-state index contributed by atoms with van der Waals surface area (Å²) in [6.45, 7) is 8.74. The van der Waals surface area contributed by atoms with Gasteiger partial charge >= 0.3 is 0 Å². The van der Waals surface area contributed by atoms with E-state index < -0.39 is 0 Å². The second-order valence-electron chi connectivity index (χ2n) is 5.87. The number of nitrogens with zero attached hydrogens (tertiary/aromatic N) is 2. The Labute approximate surface area is 163 Å². The van der Waals surface area contributed by atoms with E-state index >= 15 is 0 Å². The van der Waals surface area contributed by atoms with Gasteiger partial charge in [-0.15, -0.1) is 24.0 Å². The number of hydrogen-bond donors (Lipinski definition) is 2. The van der Waals surface area contributed by atoms with Crippen LogP contribution in [0.1, 0.15) is 32.3 Å². The van der Waals surface area contributed by atoms with Gasteiger partial charge in [0.25, 0.3) is 0 Å². The fourth-order valence-electron chi connectivity index (χ4n) is 3.11. The SMILES string of the molecule is CCOc1ccccc1CCNC(N)=NCC1CCCN1CC.I. The van der Waals surface area contributed by atoms with Gasteiger partial charge in [-0.2, -0.15) is 0 Å². The van der Waals surface area contributed by atoms with Crippen LogP contribution in [0.3, 0.4) is 0 Å². The maximum absolute atomic E-state index is 5.99. The molecule has 2 rings (SSSR count). The first-order valence-corrected chi connectivity index (χ1v) is 8.73. The average Bonchev–Trinajstić information content (AvgIpc) is 3.02. The molecule has 5 nitrogen and oxygen atoms in total. The molecule has 0 aliphatic carbocycles. The lowest BCUT2D eigenvalue weighted by Crippen LogP contribution is -2.36. The second-order valence-corrected chi connectivity index (χ2v) is 5.87. The molecule has 1 aromatic rings. The highest BCUT2D eigenvalue weighted by molar-refractivity contribution is 14.0. The lowest BCUT2D eigenvalue weighted by atomic mass is 10.1. The minimum atomic E-state index is 0. The van der Waals surface area contributed by atoms with Gasteiger partial charge in [-0.1, -0.05) is 25.1 Å². The molecule has 0 radical (unpaired) electrons. The fraction of sp³-hybridized carbons (Fsp3) is 0.611. The van der Waals surface area contributed by atoms with Crippen molar-refractivity contribution in [2.45, 2.75) is 39.2 Å². The van der Waals surface area contributed by atoms with Crippen LogP contribution in [-0.2, 0) is 6.42 Å². The summed E-state index contributed by atoms with van der Waals surface area (Å²) in [5.74, 6) is 1.50. The molecule has 6 heteroatoms. The van der Waals surface area contributed by atoms with Crippen molar-refractivity contribution < 1.29 is 4.74 Å². The molecule has 1 fully saturated rings. The number of aliphatic imine (C=N–C) groups is 1. The van der Waals surface area contributed by atoms with Gasteiger partial charge in [0.1, 0.15) is 5.75 Å². The van der Waals surface area contributed by atoms with Crippen molar-refractivity contribution in [2.24, 2.45) is 10.7 Å². The van der Waals surface area contributed by atoms with E-state index in [1.807, 2.05) is 25.1 Å². The molecule has 0 amide bonds. The number of halogens is 1. The number of para-hydroxylation sites is 1. The quantitative estimate of drug-likeness (QED) is 0.366. The van der Waals surface area contributed by atoms with Crippen molar-refractivity contribution in [3.8, 4) is 5.75 Å². The lowest BCUT2D eigenvalue weighted by Gasteiger charge is -2.21. The van der Waals surface area contributed by atoms with Crippen molar-refractivity contribution in [1.82, 2.24) is 10.2 Å². The molecule has 1 unspecified atom stereocenters. The van der Waals surface area contributed by atoms with Crippen molar-refractivity contribution in [3.05, 3.63) is 29.8 Å². The van der Waals surface area contributed by atoms with E-state index in [-0.39, 0.29) is 24.0 Å². The fourth-order valence-corrected chi connectivity index (χ4v) is 3.11. The Morgan fingerprint density at radius 2 is 2.17 bits per heavy atom. The number of hydrogen-bond acceptors (Lipinski definition) is 3. The summed E-state index contributed by atoms with van der Waals surface area (Å²) in [5.41, 5.74) is 7.19. The number of likely N-dealkylation sites (tertiary alicyclic amines) is 1. The zero-order valence-electron chi connectivity index (χ0n) is 14.8. The molecule has 136 valence electrons. The Hall–Kier alpha value is -1.02. The standard InChI is InChI=1S/C18H30N4O.HI/c1-3-22-13-7-9-16(22)14-21-18(19)20-12-11-15-8-5-6-10-17(15)23-4-2;/h5-6,8,10,16H,3-4,7,9,11-14H2,1-2H3,(H3,19,20,21);1H. The largest absolute Gasteiger partial charge is 0.494 e. The van der Waals surface area contributed by atoms with E-state index in [0.717, 1.165) is 31.8 Å². The molecule has 1 atom stereocenters. The zero-order chi connectivity index (χ0) is 16.5. The monoisotopic (exact) mass is 446 g/mol. The minimum Gasteiger partial charge on any atom is -0.494 e. The molecule has 0 spiro atoms. The summed E-state index contributed by atoms with van der Waals surface area (Å²) in [6.07, 6.45) is 3.37. The second kappa shape index (κ2) is 11.5. The third-order valence-corrected chi connectivity index (χ3v) is 4.35. The Bertz CT molecular complexity index is 510. The van der Waals surface area contributed by atoms with Gasteiger partial charge in [0.15, 0.2) is 5.96 Å².